The molecule has 2 nitrogen and oxygen atoms in total. The highest BCUT2D eigenvalue weighted by Gasteiger charge is 1.91. The summed E-state index contributed by atoms with van der Waals surface area (Å²) in [6, 6.07) is 0. The van der Waals surface area contributed by atoms with Crippen LogP contribution in [0.15, 0.2) is 0 Å². The van der Waals surface area contributed by atoms with E-state index in [1.165, 1.54) is 0 Å². The smallest absolute Gasteiger partial charge is 0.00772 e. The third kappa shape index (κ3) is 2.60. The van der Waals surface area contributed by atoms with Crippen LogP contribution in [0.25, 0.3) is 0 Å². The number of rotatable bonds is 0. The molecule has 2 N–H and O–H groups in total. The van der Waals surface area contributed by atoms with Gasteiger partial charge in [-0.25, -0.2) is 0 Å². The second-order valence-corrected chi connectivity index (χ2v) is 1.50. The topological polar surface area (TPSA) is 24.1 Å². The van der Waals surface area contributed by atoms with Gasteiger partial charge in [-0.2, -0.15) is 0 Å². The second-order valence-electron chi connectivity index (χ2n) is 1.50. The highest BCUT2D eigenvalue weighted by atomic mass is 15.0. The van der Waals surface area contributed by atoms with E-state index in [9.17, 15) is 0 Å². The Hall–Kier alpha value is -0.0800. The van der Waals surface area contributed by atoms with Crippen LogP contribution in [-0.2, 0) is 0 Å². The third-order valence-corrected chi connectivity index (χ3v) is 0.957. The molecule has 0 aromatic heterocycles. The number of hydrogen-bond donors (Lipinski definition) is 2. The molecule has 0 aliphatic carbocycles. The number of nitrogens with one attached hydrogen (secondary N) is 2. The van der Waals surface area contributed by atoms with E-state index in [2.05, 4.69) is 10.6 Å². The van der Waals surface area contributed by atoms with Crippen molar-refractivity contribution in [1.29, 1.82) is 0 Å². The van der Waals surface area contributed by atoms with Gasteiger partial charge in [0.05, 0.1) is 0 Å². The van der Waals surface area contributed by atoms with E-state index in [1.54, 1.807) is 0 Å². The Balaban J connectivity index is 0.000000360. The predicted octanol–water partition coefficient (Wildman–Crippen LogP) is -0.185. The van der Waals surface area contributed by atoms with Gasteiger partial charge in [0, 0.05) is 26.2 Å². The van der Waals surface area contributed by atoms with Crippen molar-refractivity contribution in [3.8, 4) is 0 Å². The molecule has 1 aliphatic rings. The van der Waals surface area contributed by atoms with Crippen LogP contribution in [0.2, 0.25) is 0 Å². The van der Waals surface area contributed by atoms with Crippen molar-refractivity contribution in [3.63, 3.8) is 0 Å². The maximum atomic E-state index is 3.22. The molecule has 1 saturated heterocycles. The summed E-state index contributed by atoms with van der Waals surface area (Å²) >= 11 is 0. The van der Waals surface area contributed by atoms with Gasteiger partial charge in [-0.1, -0.05) is 7.43 Å². The molecule has 0 atom stereocenters. The number of piperazine rings is 1. The molecule has 1 rings (SSSR count). The van der Waals surface area contributed by atoms with Gasteiger partial charge < -0.3 is 10.6 Å². The third-order valence-electron chi connectivity index (χ3n) is 0.957. The summed E-state index contributed by atoms with van der Waals surface area (Å²) in [5.74, 6) is 0. The van der Waals surface area contributed by atoms with E-state index >= 15 is 0 Å². The first-order chi connectivity index (χ1) is 3.00. The molecule has 1 heterocycles. The Bertz CT molecular complexity index is 21.6. The van der Waals surface area contributed by atoms with E-state index in [0.29, 0.717) is 0 Å². The Labute approximate surface area is 45.3 Å². The SMILES string of the molecule is C.C1CNCCN1. The lowest BCUT2D eigenvalue weighted by Crippen LogP contribution is -2.39. The molecule has 0 aromatic carbocycles. The van der Waals surface area contributed by atoms with Gasteiger partial charge in [0.15, 0.2) is 0 Å². The zero-order valence-corrected chi connectivity index (χ0v) is 3.83. The molecular weight excluding hydrogens is 88.1 g/mol. The van der Waals surface area contributed by atoms with Crippen LogP contribution in [0.3, 0.4) is 0 Å². The van der Waals surface area contributed by atoms with Gasteiger partial charge >= 0.3 is 0 Å². The maximum Gasteiger partial charge on any atom is 0.00772 e. The predicted molar refractivity (Wildman–Crippen MR) is 32.5 cm³/mol. The lowest BCUT2D eigenvalue weighted by Gasteiger charge is -2.11. The van der Waals surface area contributed by atoms with Crippen molar-refractivity contribution in [2.24, 2.45) is 0 Å². The Morgan fingerprint density at radius 1 is 0.714 bits per heavy atom. The fraction of sp³-hybridized carbons (Fsp3) is 1.00. The summed E-state index contributed by atoms with van der Waals surface area (Å²) < 4.78 is 0. The minimum absolute atomic E-state index is 0. The van der Waals surface area contributed by atoms with Crippen LogP contribution in [0, 0.1) is 0 Å². The highest BCUT2D eigenvalue weighted by Crippen LogP contribution is 1.65. The molecule has 44 valence electrons. The van der Waals surface area contributed by atoms with Gasteiger partial charge in [-0.05, 0) is 0 Å². The zero-order chi connectivity index (χ0) is 4.24. The number of hydrogen-bond acceptors (Lipinski definition) is 2. The minimum Gasteiger partial charge on any atom is -0.314 e. The minimum atomic E-state index is 0. The van der Waals surface area contributed by atoms with E-state index in [4.69, 9.17) is 0 Å². The first-order valence-corrected chi connectivity index (χ1v) is 2.41. The van der Waals surface area contributed by atoms with E-state index < -0.39 is 0 Å². The molecule has 2 heteroatoms. The quantitative estimate of drug-likeness (QED) is 0.443. The van der Waals surface area contributed by atoms with Gasteiger partial charge in [-0.15, -0.1) is 0 Å². The first-order valence-electron chi connectivity index (χ1n) is 2.41. The molecule has 1 fully saturated rings. The van der Waals surface area contributed by atoms with Crippen molar-refractivity contribution in [2.45, 2.75) is 7.43 Å². The summed E-state index contributed by atoms with van der Waals surface area (Å²) in [5, 5.41) is 6.44. The van der Waals surface area contributed by atoms with Gasteiger partial charge in [0.2, 0.25) is 0 Å². The lowest BCUT2D eigenvalue weighted by molar-refractivity contribution is 0.534. The molecule has 0 bridgehead atoms. The Morgan fingerprint density at radius 2 is 1.00 bits per heavy atom. The fourth-order valence-corrected chi connectivity index (χ4v) is 0.604. The van der Waals surface area contributed by atoms with Crippen molar-refractivity contribution in [3.05, 3.63) is 0 Å². The molecular formula is C5H14N2. The second kappa shape index (κ2) is 4.09. The molecule has 1 aliphatic heterocycles. The molecule has 0 spiro atoms. The highest BCUT2D eigenvalue weighted by molar-refractivity contribution is 4.59. The van der Waals surface area contributed by atoms with Crippen LogP contribution < -0.4 is 10.6 Å². The average Bonchev–Trinajstić information content (AvgIpc) is 1.72. The summed E-state index contributed by atoms with van der Waals surface area (Å²) in [6.07, 6.45) is 0. The van der Waals surface area contributed by atoms with E-state index in [0.717, 1.165) is 26.2 Å². The van der Waals surface area contributed by atoms with Gasteiger partial charge in [0.1, 0.15) is 0 Å². The van der Waals surface area contributed by atoms with Crippen molar-refractivity contribution < 1.29 is 0 Å². The summed E-state index contributed by atoms with van der Waals surface area (Å²) in [4.78, 5) is 0. The normalized spacial score (nSPS) is 20.6. The molecule has 0 saturated carbocycles. The van der Waals surface area contributed by atoms with Crippen molar-refractivity contribution in [2.75, 3.05) is 26.2 Å². The average molecular weight is 102 g/mol. The molecule has 7 heavy (non-hydrogen) atoms. The van der Waals surface area contributed by atoms with Crippen LogP contribution in [-0.4, -0.2) is 26.2 Å². The van der Waals surface area contributed by atoms with Crippen molar-refractivity contribution in [1.82, 2.24) is 10.6 Å². The van der Waals surface area contributed by atoms with Crippen LogP contribution in [0.1, 0.15) is 7.43 Å². The Morgan fingerprint density at radius 3 is 1.14 bits per heavy atom. The van der Waals surface area contributed by atoms with E-state index in [1.807, 2.05) is 0 Å². The van der Waals surface area contributed by atoms with E-state index in [-0.39, 0.29) is 7.43 Å². The fourth-order valence-electron chi connectivity index (χ4n) is 0.604. The lowest BCUT2D eigenvalue weighted by atomic mass is 10.4. The van der Waals surface area contributed by atoms with Crippen molar-refractivity contribution >= 4 is 0 Å². The molecule has 0 unspecified atom stereocenters. The van der Waals surface area contributed by atoms with Gasteiger partial charge in [0.25, 0.3) is 0 Å². The first kappa shape index (κ1) is 6.92. The van der Waals surface area contributed by atoms with Crippen LogP contribution >= 0.6 is 0 Å². The monoisotopic (exact) mass is 102 g/mol. The Kier molecular flexibility index (Phi) is 4.04. The van der Waals surface area contributed by atoms with Crippen LogP contribution in [0.5, 0.6) is 0 Å². The van der Waals surface area contributed by atoms with Gasteiger partial charge in [-0.3, -0.25) is 0 Å². The zero-order valence-electron chi connectivity index (χ0n) is 3.83. The maximum absolute atomic E-state index is 3.22. The standard InChI is InChI=1S/C4H10N2.CH4/c1-2-6-4-3-5-1;/h5-6H,1-4H2;1H4. The largest absolute Gasteiger partial charge is 0.314 e. The summed E-state index contributed by atoms with van der Waals surface area (Å²) in [5.41, 5.74) is 0. The molecule has 0 radical (unpaired) electrons. The molecule has 0 amide bonds. The van der Waals surface area contributed by atoms with Crippen LogP contribution in [0.4, 0.5) is 0 Å². The summed E-state index contributed by atoms with van der Waals surface area (Å²) in [6.45, 7) is 4.56. The molecule has 0 aromatic rings. The summed E-state index contributed by atoms with van der Waals surface area (Å²) in [7, 11) is 0.